The zero-order chi connectivity index (χ0) is 22.5. The van der Waals surface area contributed by atoms with Gasteiger partial charge in [0.25, 0.3) is 0 Å². The molecule has 1 saturated heterocycles. The van der Waals surface area contributed by atoms with E-state index in [1.165, 1.54) is 23.1 Å². The van der Waals surface area contributed by atoms with Crippen LogP contribution in [-0.2, 0) is 17.9 Å². The number of nitrogens with one attached hydrogen (secondary N) is 1. The smallest absolute Gasteiger partial charge is 0.223 e. The molecule has 4 atom stereocenters. The van der Waals surface area contributed by atoms with Gasteiger partial charge in [-0.25, -0.2) is 0 Å². The zero-order valence-electron chi connectivity index (χ0n) is 19.3. The van der Waals surface area contributed by atoms with Crippen molar-refractivity contribution in [2.75, 3.05) is 13.1 Å². The van der Waals surface area contributed by atoms with Gasteiger partial charge in [0.05, 0.1) is 0 Å². The number of amides is 1. The van der Waals surface area contributed by atoms with Crippen molar-refractivity contribution in [3.05, 3.63) is 108 Å². The number of piperidine rings is 1. The topological polar surface area (TPSA) is 32.3 Å². The van der Waals surface area contributed by atoms with Crippen molar-refractivity contribution in [1.82, 2.24) is 10.2 Å². The molecule has 3 nitrogen and oxygen atoms in total. The van der Waals surface area contributed by atoms with Crippen molar-refractivity contribution < 1.29 is 4.79 Å². The summed E-state index contributed by atoms with van der Waals surface area (Å²) in [6.07, 6.45) is 3.05. The Morgan fingerprint density at radius 1 is 0.788 bits per heavy atom. The maximum absolute atomic E-state index is 13.0. The SMILES string of the molecule is O=C1C[C@@H]2CC[C@@H](CNCc3ccccc3)[C@H](c3ccccc3)[C@H]2CN1Cc1ccccc1. The van der Waals surface area contributed by atoms with Gasteiger partial charge in [-0.2, -0.15) is 0 Å². The van der Waals surface area contributed by atoms with Crippen LogP contribution in [0.3, 0.4) is 0 Å². The van der Waals surface area contributed by atoms with Gasteiger partial charge in [-0.05, 0) is 59.7 Å². The van der Waals surface area contributed by atoms with Crippen molar-refractivity contribution in [3.8, 4) is 0 Å². The molecule has 1 N–H and O–H groups in total. The second-order valence-corrected chi connectivity index (χ2v) is 9.78. The predicted molar refractivity (Wildman–Crippen MR) is 134 cm³/mol. The fourth-order valence-electron chi connectivity index (χ4n) is 6.07. The molecule has 170 valence electrons. The van der Waals surface area contributed by atoms with Crippen LogP contribution in [0.5, 0.6) is 0 Å². The van der Waals surface area contributed by atoms with Crippen LogP contribution in [0, 0.1) is 17.8 Å². The fraction of sp³-hybridized carbons (Fsp3) is 0.367. The summed E-state index contributed by atoms with van der Waals surface area (Å²) in [4.78, 5) is 15.1. The Morgan fingerprint density at radius 3 is 2.12 bits per heavy atom. The highest BCUT2D eigenvalue weighted by Gasteiger charge is 2.44. The zero-order valence-corrected chi connectivity index (χ0v) is 19.3. The number of rotatable bonds is 7. The van der Waals surface area contributed by atoms with Gasteiger partial charge in [0, 0.05) is 26.1 Å². The molecule has 0 radical (unpaired) electrons. The first-order valence-corrected chi connectivity index (χ1v) is 12.4. The van der Waals surface area contributed by atoms with E-state index in [1.807, 2.05) is 6.07 Å². The Balaban J connectivity index is 1.34. The maximum atomic E-state index is 13.0. The maximum Gasteiger partial charge on any atom is 0.223 e. The average molecular weight is 439 g/mol. The predicted octanol–water partition coefficient (Wildman–Crippen LogP) is 5.63. The number of hydrogen-bond acceptors (Lipinski definition) is 2. The summed E-state index contributed by atoms with van der Waals surface area (Å²) in [5.41, 5.74) is 3.99. The van der Waals surface area contributed by atoms with E-state index in [0.29, 0.717) is 36.0 Å². The quantitative estimate of drug-likeness (QED) is 0.518. The summed E-state index contributed by atoms with van der Waals surface area (Å²) < 4.78 is 0. The van der Waals surface area contributed by atoms with Crippen LogP contribution in [0.25, 0.3) is 0 Å². The van der Waals surface area contributed by atoms with Crippen molar-refractivity contribution in [2.45, 2.75) is 38.3 Å². The van der Waals surface area contributed by atoms with Gasteiger partial charge in [-0.1, -0.05) is 91.0 Å². The van der Waals surface area contributed by atoms with Crippen LogP contribution < -0.4 is 5.32 Å². The van der Waals surface area contributed by atoms with Crippen molar-refractivity contribution in [1.29, 1.82) is 0 Å². The van der Waals surface area contributed by atoms with E-state index in [2.05, 4.69) is 95.1 Å². The summed E-state index contributed by atoms with van der Waals surface area (Å²) in [5.74, 6) is 2.42. The average Bonchev–Trinajstić information content (AvgIpc) is 2.86. The van der Waals surface area contributed by atoms with Gasteiger partial charge < -0.3 is 10.2 Å². The lowest BCUT2D eigenvalue weighted by molar-refractivity contribution is -0.140. The molecule has 2 fully saturated rings. The largest absolute Gasteiger partial charge is 0.338 e. The second-order valence-electron chi connectivity index (χ2n) is 9.78. The molecule has 1 heterocycles. The van der Waals surface area contributed by atoms with Gasteiger partial charge in [-0.15, -0.1) is 0 Å². The van der Waals surface area contributed by atoms with Crippen LogP contribution in [-0.4, -0.2) is 23.9 Å². The van der Waals surface area contributed by atoms with E-state index in [9.17, 15) is 4.79 Å². The van der Waals surface area contributed by atoms with Crippen LogP contribution in [0.15, 0.2) is 91.0 Å². The molecule has 2 aliphatic rings. The minimum absolute atomic E-state index is 0.326. The summed E-state index contributed by atoms with van der Waals surface area (Å²) in [7, 11) is 0. The second kappa shape index (κ2) is 10.4. The molecule has 3 heteroatoms. The van der Waals surface area contributed by atoms with Crippen molar-refractivity contribution >= 4 is 5.91 Å². The number of fused-ring (bicyclic) bond motifs is 1. The third kappa shape index (κ3) is 5.20. The molecule has 3 aromatic rings. The molecule has 3 aromatic carbocycles. The molecule has 1 saturated carbocycles. The highest BCUT2D eigenvalue weighted by molar-refractivity contribution is 5.77. The molecular formula is C30H34N2O. The summed E-state index contributed by atoms with van der Waals surface area (Å²) in [5, 5.41) is 3.75. The molecule has 0 bridgehead atoms. The summed E-state index contributed by atoms with van der Waals surface area (Å²) in [6, 6.07) is 32.1. The van der Waals surface area contributed by atoms with Gasteiger partial charge in [0.15, 0.2) is 0 Å². The van der Waals surface area contributed by atoms with E-state index in [-0.39, 0.29) is 0 Å². The third-order valence-corrected chi connectivity index (χ3v) is 7.68. The lowest BCUT2D eigenvalue weighted by Gasteiger charge is -2.48. The molecule has 33 heavy (non-hydrogen) atoms. The molecular weight excluding hydrogens is 404 g/mol. The van der Waals surface area contributed by atoms with E-state index in [1.54, 1.807) is 0 Å². The van der Waals surface area contributed by atoms with E-state index >= 15 is 0 Å². The molecule has 0 unspecified atom stereocenters. The first-order chi connectivity index (χ1) is 16.3. The van der Waals surface area contributed by atoms with E-state index in [0.717, 1.165) is 32.6 Å². The van der Waals surface area contributed by atoms with Crippen molar-refractivity contribution in [3.63, 3.8) is 0 Å². The first-order valence-electron chi connectivity index (χ1n) is 12.4. The van der Waals surface area contributed by atoms with Gasteiger partial charge in [0.1, 0.15) is 0 Å². The normalized spacial score (nSPS) is 25.0. The monoisotopic (exact) mass is 438 g/mol. The van der Waals surface area contributed by atoms with Crippen molar-refractivity contribution in [2.24, 2.45) is 17.8 Å². The Hall–Kier alpha value is -2.91. The highest BCUT2D eigenvalue weighted by atomic mass is 16.2. The summed E-state index contributed by atoms with van der Waals surface area (Å²) in [6.45, 7) is 3.52. The lowest BCUT2D eigenvalue weighted by Crippen LogP contribution is -2.50. The Kier molecular flexibility index (Phi) is 6.87. The Morgan fingerprint density at radius 2 is 1.42 bits per heavy atom. The minimum atomic E-state index is 0.326. The number of benzene rings is 3. The fourth-order valence-corrected chi connectivity index (χ4v) is 6.07. The van der Waals surface area contributed by atoms with Crippen LogP contribution >= 0.6 is 0 Å². The third-order valence-electron chi connectivity index (χ3n) is 7.68. The van der Waals surface area contributed by atoms with Crippen LogP contribution in [0.4, 0.5) is 0 Å². The van der Waals surface area contributed by atoms with Gasteiger partial charge in [0.2, 0.25) is 5.91 Å². The van der Waals surface area contributed by atoms with Crippen LogP contribution in [0.2, 0.25) is 0 Å². The first kappa shape index (κ1) is 21.9. The number of carbonyl (C=O) groups is 1. The highest BCUT2D eigenvalue weighted by Crippen LogP contribution is 2.48. The Bertz CT molecular complexity index is 1020. The van der Waals surface area contributed by atoms with Gasteiger partial charge in [-0.3, -0.25) is 4.79 Å². The number of likely N-dealkylation sites (tertiary alicyclic amines) is 1. The molecule has 0 spiro atoms. The van der Waals surface area contributed by atoms with Crippen LogP contribution in [0.1, 0.15) is 41.9 Å². The molecule has 1 aliphatic heterocycles. The standard InChI is InChI=1S/C30H34N2O/c33-29-18-26-16-17-27(20-31-19-23-10-4-1-5-11-23)30(25-14-8-3-9-15-25)28(26)22-32(29)21-24-12-6-2-7-13-24/h1-15,26-28,30-31H,16-22H2/t26-,27-,28-,30-/m0/s1. The Labute approximate surface area is 197 Å². The number of hydrogen-bond donors (Lipinski definition) is 1. The molecule has 1 amide bonds. The van der Waals surface area contributed by atoms with Gasteiger partial charge >= 0.3 is 0 Å². The van der Waals surface area contributed by atoms with E-state index < -0.39 is 0 Å². The lowest BCUT2D eigenvalue weighted by atomic mass is 9.62. The number of nitrogens with zero attached hydrogens (tertiary/aromatic N) is 1. The molecule has 5 rings (SSSR count). The molecule has 0 aromatic heterocycles. The minimum Gasteiger partial charge on any atom is -0.338 e. The van der Waals surface area contributed by atoms with E-state index in [4.69, 9.17) is 0 Å². The number of carbonyl (C=O) groups excluding carboxylic acids is 1. The molecule has 1 aliphatic carbocycles. The summed E-state index contributed by atoms with van der Waals surface area (Å²) >= 11 is 0.